The van der Waals surface area contributed by atoms with Crippen molar-refractivity contribution in [2.24, 2.45) is 0 Å². The number of aromatic nitrogens is 2. The van der Waals surface area contributed by atoms with Crippen molar-refractivity contribution in [3.63, 3.8) is 0 Å². The van der Waals surface area contributed by atoms with Crippen LogP contribution in [0.2, 0.25) is 10.0 Å². The molecule has 0 bridgehead atoms. The smallest absolute Gasteiger partial charge is 0.258 e. The molecule has 0 spiro atoms. The molecule has 0 radical (unpaired) electrons. The fourth-order valence-electron chi connectivity index (χ4n) is 1.81. The van der Waals surface area contributed by atoms with Gasteiger partial charge in [-0.2, -0.15) is 4.98 Å². The monoisotopic (exact) mass is 305 g/mol. The van der Waals surface area contributed by atoms with Crippen molar-refractivity contribution in [3.05, 3.63) is 52.5 Å². The van der Waals surface area contributed by atoms with E-state index in [1.54, 1.807) is 30.3 Å². The van der Waals surface area contributed by atoms with E-state index >= 15 is 0 Å². The lowest BCUT2D eigenvalue weighted by Crippen LogP contribution is -1.85. The van der Waals surface area contributed by atoms with E-state index in [0.29, 0.717) is 33.0 Å². The first kappa shape index (κ1) is 13.0. The number of hydrogen-bond acceptors (Lipinski definition) is 4. The Morgan fingerprint density at radius 3 is 2.40 bits per heavy atom. The molecule has 3 aromatic rings. The lowest BCUT2D eigenvalue weighted by atomic mass is 10.2. The highest BCUT2D eigenvalue weighted by molar-refractivity contribution is 6.35. The van der Waals surface area contributed by atoms with Crippen LogP contribution in [0.1, 0.15) is 0 Å². The van der Waals surface area contributed by atoms with Gasteiger partial charge in [-0.15, -0.1) is 0 Å². The fraction of sp³-hybridized carbons (Fsp3) is 0. The van der Waals surface area contributed by atoms with Crippen molar-refractivity contribution >= 4 is 28.9 Å². The van der Waals surface area contributed by atoms with Crippen LogP contribution in [-0.2, 0) is 0 Å². The summed E-state index contributed by atoms with van der Waals surface area (Å²) in [6.45, 7) is 0. The predicted molar refractivity (Wildman–Crippen MR) is 79.6 cm³/mol. The van der Waals surface area contributed by atoms with Crippen LogP contribution in [0.15, 0.2) is 47.0 Å². The number of nitrogen functional groups attached to an aromatic ring is 1. The maximum Gasteiger partial charge on any atom is 0.258 e. The van der Waals surface area contributed by atoms with E-state index in [2.05, 4.69) is 10.1 Å². The van der Waals surface area contributed by atoms with Crippen LogP contribution in [0.25, 0.3) is 22.8 Å². The minimum Gasteiger partial charge on any atom is -0.399 e. The van der Waals surface area contributed by atoms with Crippen molar-refractivity contribution < 1.29 is 4.52 Å². The van der Waals surface area contributed by atoms with Crippen LogP contribution in [0, 0.1) is 0 Å². The predicted octanol–water partition coefficient (Wildman–Crippen LogP) is 4.29. The summed E-state index contributed by atoms with van der Waals surface area (Å²) in [7, 11) is 0. The minimum atomic E-state index is 0.392. The van der Waals surface area contributed by atoms with Crippen molar-refractivity contribution in [1.82, 2.24) is 10.1 Å². The standard InChI is InChI=1S/C14H9Cl2N3O/c15-10-4-9(5-11(16)7-10)13-18-14(20-19-13)8-2-1-3-12(17)6-8/h1-7H,17H2. The summed E-state index contributed by atoms with van der Waals surface area (Å²) in [5, 5.41) is 4.96. The Kier molecular flexibility index (Phi) is 3.34. The van der Waals surface area contributed by atoms with E-state index < -0.39 is 0 Å². The first-order valence-corrected chi connectivity index (χ1v) is 6.53. The molecule has 1 aromatic heterocycles. The maximum absolute atomic E-state index is 5.96. The summed E-state index contributed by atoms with van der Waals surface area (Å²) in [5.41, 5.74) is 7.82. The lowest BCUT2D eigenvalue weighted by Gasteiger charge is -1.97. The van der Waals surface area contributed by atoms with Crippen LogP contribution in [0.4, 0.5) is 5.69 Å². The molecule has 4 nitrogen and oxygen atoms in total. The maximum atomic E-state index is 5.96. The molecule has 0 unspecified atom stereocenters. The SMILES string of the molecule is Nc1cccc(-c2nc(-c3cc(Cl)cc(Cl)c3)no2)c1. The zero-order chi connectivity index (χ0) is 14.1. The Bertz CT molecular complexity index is 750. The molecule has 0 aliphatic carbocycles. The van der Waals surface area contributed by atoms with Gasteiger partial charge in [0.25, 0.3) is 5.89 Å². The van der Waals surface area contributed by atoms with Gasteiger partial charge in [-0.05, 0) is 36.4 Å². The number of anilines is 1. The number of nitrogens with zero attached hydrogens (tertiary/aromatic N) is 2. The molecule has 2 N–H and O–H groups in total. The third-order valence-electron chi connectivity index (χ3n) is 2.68. The van der Waals surface area contributed by atoms with E-state index in [9.17, 15) is 0 Å². The van der Waals surface area contributed by atoms with Gasteiger partial charge in [0.05, 0.1) is 0 Å². The van der Waals surface area contributed by atoms with Gasteiger partial charge < -0.3 is 10.3 Å². The third kappa shape index (κ3) is 2.61. The van der Waals surface area contributed by atoms with Crippen LogP contribution >= 0.6 is 23.2 Å². The lowest BCUT2D eigenvalue weighted by molar-refractivity contribution is 0.432. The molecule has 1 heterocycles. The Morgan fingerprint density at radius 2 is 1.70 bits per heavy atom. The summed E-state index contributed by atoms with van der Waals surface area (Å²) in [6, 6.07) is 12.3. The van der Waals surface area contributed by atoms with Crippen molar-refractivity contribution in [2.75, 3.05) is 5.73 Å². The van der Waals surface area contributed by atoms with Gasteiger partial charge in [0.15, 0.2) is 0 Å². The van der Waals surface area contributed by atoms with Crippen LogP contribution in [-0.4, -0.2) is 10.1 Å². The first-order valence-electron chi connectivity index (χ1n) is 5.78. The molecule has 2 aromatic carbocycles. The van der Waals surface area contributed by atoms with Gasteiger partial charge in [-0.3, -0.25) is 0 Å². The van der Waals surface area contributed by atoms with Crippen LogP contribution < -0.4 is 5.73 Å². The van der Waals surface area contributed by atoms with E-state index in [-0.39, 0.29) is 0 Å². The molecule has 0 amide bonds. The van der Waals surface area contributed by atoms with Crippen LogP contribution in [0.3, 0.4) is 0 Å². The molecule has 100 valence electrons. The second-order valence-corrected chi connectivity index (χ2v) is 5.08. The van der Waals surface area contributed by atoms with Gasteiger partial charge in [-0.1, -0.05) is 34.4 Å². The average molecular weight is 306 g/mol. The minimum absolute atomic E-state index is 0.392. The highest BCUT2D eigenvalue weighted by Crippen LogP contribution is 2.27. The molecular weight excluding hydrogens is 297 g/mol. The molecule has 20 heavy (non-hydrogen) atoms. The topological polar surface area (TPSA) is 64.9 Å². The average Bonchev–Trinajstić information content (AvgIpc) is 2.87. The molecule has 6 heteroatoms. The van der Waals surface area contributed by atoms with Gasteiger partial charge in [0.1, 0.15) is 0 Å². The number of rotatable bonds is 2. The molecule has 0 aliphatic heterocycles. The molecule has 0 saturated heterocycles. The largest absolute Gasteiger partial charge is 0.399 e. The molecule has 0 fully saturated rings. The summed E-state index contributed by atoms with van der Waals surface area (Å²) in [4.78, 5) is 4.32. The second-order valence-electron chi connectivity index (χ2n) is 4.21. The molecular formula is C14H9Cl2N3O. The van der Waals surface area contributed by atoms with E-state index in [1.807, 2.05) is 12.1 Å². The summed E-state index contributed by atoms with van der Waals surface area (Å²) >= 11 is 11.9. The van der Waals surface area contributed by atoms with Gasteiger partial charge in [-0.25, -0.2) is 0 Å². The van der Waals surface area contributed by atoms with Gasteiger partial charge >= 0.3 is 0 Å². The van der Waals surface area contributed by atoms with E-state index in [4.69, 9.17) is 33.5 Å². The highest BCUT2D eigenvalue weighted by atomic mass is 35.5. The highest BCUT2D eigenvalue weighted by Gasteiger charge is 2.11. The number of hydrogen-bond donors (Lipinski definition) is 1. The Balaban J connectivity index is 2.02. The first-order chi connectivity index (χ1) is 9.61. The number of benzene rings is 2. The quantitative estimate of drug-likeness (QED) is 0.717. The zero-order valence-electron chi connectivity index (χ0n) is 10.2. The summed E-state index contributed by atoms with van der Waals surface area (Å²) in [6.07, 6.45) is 0. The van der Waals surface area contributed by atoms with Gasteiger partial charge in [0, 0.05) is 26.9 Å². The van der Waals surface area contributed by atoms with Crippen LogP contribution in [0.5, 0.6) is 0 Å². The number of halogens is 2. The Morgan fingerprint density at radius 1 is 0.950 bits per heavy atom. The zero-order valence-corrected chi connectivity index (χ0v) is 11.7. The van der Waals surface area contributed by atoms with E-state index in [0.717, 1.165) is 5.56 Å². The third-order valence-corrected chi connectivity index (χ3v) is 3.12. The van der Waals surface area contributed by atoms with E-state index in [1.165, 1.54) is 0 Å². The second kappa shape index (κ2) is 5.15. The molecule has 3 rings (SSSR count). The summed E-state index contributed by atoms with van der Waals surface area (Å²) in [5.74, 6) is 0.815. The Labute approximate surface area is 125 Å². The molecule has 0 saturated carbocycles. The number of nitrogens with two attached hydrogens (primary N) is 1. The van der Waals surface area contributed by atoms with Crippen molar-refractivity contribution in [1.29, 1.82) is 0 Å². The van der Waals surface area contributed by atoms with Crippen molar-refractivity contribution in [3.8, 4) is 22.8 Å². The summed E-state index contributed by atoms with van der Waals surface area (Å²) < 4.78 is 5.24. The van der Waals surface area contributed by atoms with Gasteiger partial charge in [0.2, 0.25) is 5.82 Å². The molecule has 0 aliphatic rings. The fourth-order valence-corrected chi connectivity index (χ4v) is 2.34. The Hall–Kier alpha value is -2.04. The molecule has 0 atom stereocenters. The van der Waals surface area contributed by atoms with Crippen molar-refractivity contribution in [2.45, 2.75) is 0 Å². The normalized spacial score (nSPS) is 10.7.